The monoisotopic (exact) mass is 570 g/mol. The molecule has 3 aliphatic rings. The lowest BCUT2D eigenvalue weighted by Gasteiger charge is -2.26. The Morgan fingerprint density at radius 3 is 2.50 bits per heavy atom. The van der Waals surface area contributed by atoms with Gasteiger partial charge in [0, 0.05) is 55.5 Å². The molecule has 2 atom stereocenters. The number of hydrogen-bond donors (Lipinski definition) is 0. The zero-order chi connectivity index (χ0) is 28.6. The van der Waals surface area contributed by atoms with E-state index in [1.165, 1.54) is 5.69 Å². The predicted molar refractivity (Wildman–Crippen MR) is 160 cm³/mol. The van der Waals surface area contributed by atoms with Gasteiger partial charge in [0.05, 0.1) is 30.6 Å². The van der Waals surface area contributed by atoms with Crippen LogP contribution in [0, 0.1) is 0 Å². The Balaban J connectivity index is 1.20. The van der Waals surface area contributed by atoms with Gasteiger partial charge in [-0.2, -0.15) is 5.10 Å². The number of anilines is 1. The van der Waals surface area contributed by atoms with E-state index in [2.05, 4.69) is 52.4 Å². The summed E-state index contributed by atoms with van der Waals surface area (Å²) in [5, 5.41) is 15.1. The van der Waals surface area contributed by atoms with Crippen molar-refractivity contribution in [1.29, 1.82) is 0 Å². The first-order valence-electron chi connectivity index (χ1n) is 15.0. The molecule has 4 aromatic rings. The summed E-state index contributed by atoms with van der Waals surface area (Å²) in [5.41, 5.74) is 5.24. The lowest BCUT2D eigenvalue weighted by Crippen LogP contribution is -2.40. The fourth-order valence-corrected chi connectivity index (χ4v) is 6.25. The lowest BCUT2D eigenvalue weighted by molar-refractivity contribution is -0.0365. The zero-order valence-corrected chi connectivity index (χ0v) is 24.4. The molecule has 2 aromatic carbocycles. The number of hydrogen-bond acceptors (Lipinski definition) is 8. The number of aromatic nitrogens is 5. The van der Waals surface area contributed by atoms with Crippen molar-refractivity contribution in [3.8, 4) is 17.1 Å². The summed E-state index contributed by atoms with van der Waals surface area (Å²) in [6.07, 6.45) is 6.13. The highest BCUT2D eigenvalue weighted by Gasteiger charge is 2.27. The first-order valence-corrected chi connectivity index (χ1v) is 15.0. The average molecular weight is 571 g/mol. The number of rotatable bonds is 6. The molecule has 11 nitrogen and oxygen atoms in total. The number of likely N-dealkylation sites (N-methyl/N-ethyl adjacent to an activating group) is 1. The summed E-state index contributed by atoms with van der Waals surface area (Å²) in [5.74, 6) is 0.0248. The maximum absolute atomic E-state index is 12.9. The summed E-state index contributed by atoms with van der Waals surface area (Å²) in [6, 6.07) is 14.7. The van der Waals surface area contributed by atoms with Gasteiger partial charge in [-0.15, -0.1) is 5.10 Å². The molecule has 42 heavy (non-hydrogen) atoms. The molecule has 1 amide bonds. The molecular formula is C31H38N8O3. The van der Waals surface area contributed by atoms with Crippen molar-refractivity contribution in [2.45, 2.75) is 38.0 Å². The van der Waals surface area contributed by atoms with E-state index in [-0.39, 0.29) is 12.1 Å². The minimum absolute atomic E-state index is 0.0248. The molecule has 3 aliphatic heterocycles. The van der Waals surface area contributed by atoms with E-state index in [9.17, 15) is 4.79 Å². The Hall–Kier alpha value is -3.80. The summed E-state index contributed by atoms with van der Waals surface area (Å²) in [4.78, 5) is 19.5. The predicted octanol–water partition coefficient (Wildman–Crippen LogP) is 3.60. The Kier molecular flexibility index (Phi) is 7.39. The third kappa shape index (κ3) is 5.16. The topological polar surface area (TPSA) is 93.8 Å². The van der Waals surface area contributed by atoms with Crippen molar-refractivity contribution in [3.05, 3.63) is 54.2 Å². The number of nitrogens with zero attached hydrogens (tertiary/aromatic N) is 8. The summed E-state index contributed by atoms with van der Waals surface area (Å²) in [6.45, 7) is 5.19. The molecule has 0 bridgehead atoms. The highest BCUT2D eigenvalue weighted by Crippen LogP contribution is 2.35. The van der Waals surface area contributed by atoms with Crippen LogP contribution in [-0.4, -0.2) is 107 Å². The van der Waals surface area contributed by atoms with Crippen LogP contribution in [0.5, 0.6) is 0 Å². The smallest absolute Gasteiger partial charge is 0.254 e. The molecule has 220 valence electrons. The Bertz CT molecular complexity index is 1550. The van der Waals surface area contributed by atoms with Crippen LogP contribution in [0.1, 0.15) is 42.3 Å². The van der Waals surface area contributed by atoms with Gasteiger partial charge >= 0.3 is 0 Å². The van der Waals surface area contributed by atoms with E-state index < -0.39 is 0 Å². The van der Waals surface area contributed by atoms with Crippen LogP contribution in [0.25, 0.3) is 28.0 Å². The fourth-order valence-electron chi connectivity index (χ4n) is 6.25. The van der Waals surface area contributed by atoms with E-state index >= 15 is 0 Å². The molecule has 5 heterocycles. The average Bonchev–Trinajstić information content (AvgIpc) is 3.80. The molecular weight excluding hydrogens is 532 g/mol. The van der Waals surface area contributed by atoms with Gasteiger partial charge in [0.15, 0.2) is 6.23 Å². The number of morpholine rings is 1. The molecule has 3 fully saturated rings. The standard InChI is InChI=1S/C31H38N8O3/c1-35(2)25-12-13-37(20-25)24-10-11-28-26(19-24)30(33-39(28)29-5-3-4-16-42-29)27-21-38(34-32-27)23-8-6-22(7-9-23)31(40)36-14-17-41-18-15-36/h6-11,19,21,25,29H,3-5,12-18,20H2,1-2H3. The van der Waals surface area contributed by atoms with Crippen LogP contribution in [0.2, 0.25) is 0 Å². The van der Waals surface area contributed by atoms with Crippen molar-refractivity contribution in [2.75, 3.05) is 65.0 Å². The molecule has 0 saturated carbocycles. The molecule has 7 rings (SSSR count). The third-order valence-electron chi connectivity index (χ3n) is 8.79. The van der Waals surface area contributed by atoms with Gasteiger partial charge in [0.2, 0.25) is 0 Å². The van der Waals surface area contributed by atoms with Gasteiger partial charge in [0.1, 0.15) is 11.4 Å². The fraction of sp³-hybridized carbons (Fsp3) is 0.484. The highest BCUT2D eigenvalue weighted by atomic mass is 16.5. The maximum atomic E-state index is 12.9. The minimum atomic E-state index is -0.0858. The molecule has 11 heteroatoms. The van der Waals surface area contributed by atoms with Gasteiger partial charge in [-0.05, 0) is 82.2 Å². The number of amides is 1. The van der Waals surface area contributed by atoms with Crippen LogP contribution < -0.4 is 4.90 Å². The van der Waals surface area contributed by atoms with Crippen molar-refractivity contribution >= 4 is 22.5 Å². The van der Waals surface area contributed by atoms with Gasteiger partial charge in [-0.25, -0.2) is 9.36 Å². The number of carbonyl (C=O) groups is 1. The van der Waals surface area contributed by atoms with Crippen LogP contribution in [0.15, 0.2) is 48.7 Å². The Morgan fingerprint density at radius 1 is 0.952 bits per heavy atom. The maximum Gasteiger partial charge on any atom is 0.254 e. The molecule has 0 aliphatic carbocycles. The largest absolute Gasteiger partial charge is 0.378 e. The normalized spacial score (nSPS) is 21.5. The van der Waals surface area contributed by atoms with Gasteiger partial charge in [-0.3, -0.25) is 4.79 Å². The Labute approximate surface area is 245 Å². The van der Waals surface area contributed by atoms with Crippen LogP contribution in [0.4, 0.5) is 5.69 Å². The second kappa shape index (κ2) is 11.5. The number of ether oxygens (including phenoxy) is 2. The SMILES string of the molecule is CN(C)C1CCN(c2ccc3c(c2)c(-c2cn(-c4ccc(C(=O)N5CCOCC5)cc4)nn2)nn3C2CCCCO2)C1. The van der Waals surface area contributed by atoms with E-state index in [0.717, 1.165) is 67.7 Å². The highest BCUT2D eigenvalue weighted by molar-refractivity contribution is 5.95. The number of carbonyl (C=O) groups excluding carboxylic acids is 1. The molecule has 0 N–H and O–H groups in total. The van der Waals surface area contributed by atoms with Crippen LogP contribution in [0.3, 0.4) is 0 Å². The van der Waals surface area contributed by atoms with E-state index in [4.69, 9.17) is 14.6 Å². The van der Waals surface area contributed by atoms with Crippen molar-refractivity contribution in [3.63, 3.8) is 0 Å². The quantitative estimate of drug-likeness (QED) is 0.347. The molecule has 0 radical (unpaired) electrons. The zero-order valence-electron chi connectivity index (χ0n) is 24.4. The van der Waals surface area contributed by atoms with Gasteiger partial charge in [0.25, 0.3) is 5.91 Å². The molecule has 2 unspecified atom stereocenters. The summed E-state index contributed by atoms with van der Waals surface area (Å²) in [7, 11) is 4.31. The van der Waals surface area contributed by atoms with Crippen LogP contribution >= 0.6 is 0 Å². The Morgan fingerprint density at radius 2 is 1.76 bits per heavy atom. The van der Waals surface area contributed by atoms with Gasteiger partial charge < -0.3 is 24.2 Å². The molecule has 0 spiro atoms. The van der Waals surface area contributed by atoms with Crippen molar-refractivity contribution < 1.29 is 14.3 Å². The third-order valence-corrected chi connectivity index (χ3v) is 8.79. The molecule has 3 saturated heterocycles. The second-order valence-electron chi connectivity index (χ2n) is 11.7. The first-order chi connectivity index (χ1) is 20.5. The van der Waals surface area contributed by atoms with Gasteiger partial charge in [-0.1, -0.05) is 5.21 Å². The first kappa shape index (κ1) is 27.1. The van der Waals surface area contributed by atoms with E-state index in [1.54, 1.807) is 4.68 Å². The minimum Gasteiger partial charge on any atom is -0.378 e. The number of benzene rings is 2. The van der Waals surface area contributed by atoms with Crippen molar-refractivity contribution in [1.82, 2.24) is 34.6 Å². The summed E-state index contributed by atoms with van der Waals surface area (Å²) >= 11 is 0. The summed E-state index contributed by atoms with van der Waals surface area (Å²) < 4.78 is 15.3. The number of fused-ring (bicyclic) bond motifs is 1. The molecule has 2 aromatic heterocycles. The second-order valence-corrected chi connectivity index (χ2v) is 11.7. The van der Waals surface area contributed by atoms with Crippen molar-refractivity contribution in [2.24, 2.45) is 0 Å². The lowest BCUT2D eigenvalue weighted by atomic mass is 10.1. The van der Waals surface area contributed by atoms with E-state index in [1.807, 2.05) is 40.0 Å². The van der Waals surface area contributed by atoms with Crippen LogP contribution in [-0.2, 0) is 9.47 Å². The van der Waals surface area contributed by atoms with E-state index in [0.29, 0.717) is 43.6 Å².